The van der Waals surface area contributed by atoms with E-state index in [-0.39, 0.29) is 17.2 Å². The Labute approximate surface area is 173 Å². The molecule has 0 aliphatic heterocycles. The molecule has 0 unspecified atom stereocenters. The molecule has 0 aliphatic rings. The highest BCUT2D eigenvalue weighted by atomic mass is 35.5. The summed E-state index contributed by atoms with van der Waals surface area (Å²) in [5.74, 6) is -0.299. The predicted molar refractivity (Wildman–Crippen MR) is 113 cm³/mol. The van der Waals surface area contributed by atoms with E-state index in [1.807, 2.05) is 34.6 Å². The molecule has 0 fully saturated rings. The second kappa shape index (κ2) is 8.96. The minimum atomic E-state index is -0.559. The number of hydrogen-bond acceptors (Lipinski definition) is 5. The Morgan fingerprint density at radius 2 is 1.96 bits per heavy atom. The van der Waals surface area contributed by atoms with Crippen molar-refractivity contribution in [2.45, 2.75) is 51.9 Å². The highest BCUT2D eigenvalue weighted by Crippen LogP contribution is 2.21. The van der Waals surface area contributed by atoms with Crippen LogP contribution in [0.3, 0.4) is 0 Å². The Kier molecular flexibility index (Phi) is 7.11. The van der Waals surface area contributed by atoms with Crippen molar-refractivity contribution in [2.75, 3.05) is 5.75 Å². The SMILES string of the molecule is CC(C)Cn1c(SCC(=O)NC(=O)NC(C)(C)C)nc2cc(Cl)ccc2c1=O. The van der Waals surface area contributed by atoms with Crippen LogP contribution in [0.15, 0.2) is 28.2 Å². The number of aromatic nitrogens is 2. The van der Waals surface area contributed by atoms with Gasteiger partial charge in [-0.2, -0.15) is 0 Å². The summed E-state index contributed by atoms with van der Waals surface area (Å²) in [5, 5.41) is 6.31. The van der Waals surface area contributed by atoms with Gasteiger partial charge in [-0.25, -0.2) is 9.78 Å². The van der Waals surface area contributed by atoms with E-state index in [0.717, 1.165) is 11.8 Å². The molecule has 2 N–H and O–H groups in total. The lowest BCUT2D eigenvalue weighted by molar-refractivity contribution is -0.117. The van der Waals surface area contributed by atoms with Crippen LogP contribution in [0, 0.1) is 5.92 Å². The largest absolute Gasteiger partial charge is 0.333 e. The summed E-state index contributed by atoms with van der Waals surface area (Å²) in [7, 11) is 0. The average Bonchev–Trinajstić information content (AvgIpc) is 2.53. The normalized spacial score (nSPS) is 11.7. The molecule has 1 aromatic carbocycles. The van der Waals surface area contributed by atoms with Crippen molar-refractivity contribution in [3.8, 4) is 0 Å². The molecule has 0 radical (unpaired) electrons. The highest BCUT2D eigenvalue weighted by Gasteiger charge is 2.18. The fourth-order valence-electron chi connectivity index (χ4n) is 2.47. The molecule has 7 nitrogen and oxygen atoms in total. The molecule has 2 rings (SSSR count). The van der Waals surface area contributed by atoms with Gasteiger partial charge in [0.25, 0.3) is 5.56 Å². The number of fused-ring (bicyclic) bond motifs is 1. The molecular weight excluding hydrogens is 400 g/mol. The highest BCUT2D eigenvalue weighted by molar-refractivity contribution is 7.99. The summed E-state index contributed by atoms with van der Waals surface area (Å²) in [6.45, 7) is 9.92. The van der Waals surface area contributed by atoms with Gasteiger partial charge in [0.1, 0.15) is 0 Å². The van der Waals surface area contributed by atoms with Gasteiger partial charge in [0, 0.05) is 17.1 Å². The molecule has 1 heterocycles. The summed E-state index contributed by atoms with van der Waals surface area (Å²) in [6, 6.07) is 4.37. The van der Waals surface area contributed by atoms with Gasteiger partial charge < -0.3 is 5.32 Å². The zero-order valence-electron chi connectivity index (χ0n) is 16.6. The van der Waals surface area contributed by atoms with E-state index in [0.29, 0.717) is 27.6 Å². The molecule has 1 aromatic heterocycles. The summed E-state index contributed by atoms with van der Waals surface area (Å²) < 4.78 is 1.56. The van der Waals surface area contributed by atoms with Gasteiger partial charge >= 0.3 is 6.03 Å². The molecule has 2 aromatic rings. The fraction of sp³-hybridized carbons (Fsp3) is 0.474. The fourth-order valence-corrected chi connectivity index (χ4v) is 3.45. The number of benzene rings is 1. The molecule has 0 atom stereocenters. The third-order valence-electron chi connectivity index (χ3n) is 3.50. The van der Waals surface area contributed by atoms with E-state index in [1.54, 1.807) is 22.8 Å². The number of imide groups is 1. The molecule has 28 heavy (non-hydrogen) atoms. The number of carbonyl (C=O) groups is 2. The van der Waals surface area contributed by atoms with Gasteiger partial charge in [0.2, 0.25) is 5.91 Å². The lowest BCUT2D eigenvalue weighted by atomic mass is 10.1. The number of carbonyl (C=O) groups excluding carboxylic acids is 2. The molecule has 3 amide bonds. The monoisotopic (exact) mass is 424 g/mol. The van der Waals surface area contributed by atoms with E-state index >= 15 is 0 Å². The number of thioether (sulfide) groups is 1. The van der Waals surface area contributed by atoms with Crippen molar-refractivity contribution in [1.82, 2.24) is 20.2 Å². The van der Waals surface area contributed by atoms with Gasteiger partial charge in [-0.15, -0.1) is 0 Å². The maximum Gasteiger partial charge on any atom is 0.321 e. The minimum absolute atomic E-state index is 0.0474. The lowest BCUT2D eigenvalue weighted by Gasteiger charge is -2.20. The molecule has 0 spiro atoms. The van der Waals surface area contributed by atoms with Crippen LogP contribution >= 0.6 is 23.4 Å². The summed E-state index contributed by atoms with van der Waals surface area (Å²) >= 11 is 7.13. The van der Waals surface area contributed by atoms with Gasteiger partial charge in [-0.1, -0.05) is 37.2 Å². The Balaban J connectivity index is 2.23. The van der Waals surface area contributed by atoms with Gasteiger partial charge in [0.05, 0.1) is 16.7 Å². The van der Waals surface area contributed by atoms with Crippen molar-refractivity contribution in [1.29, 1.82) is 0 Å². The Hall–Kier alpha value is -2.06. The van der Waals surface area contributed by atoms with Crippen LogP contribution in [0.5, 0.6) is 0 Å². The molecule has 152 valence electrons. The number of urea groups is 1. The van der Waals surface area contributed by atoms with E-state index in [2.05, 4.69) is 15.6 Å². The number of rotatable bonds is 5. The Morgan fingerprint density at radius 3 is 2.57 bits per heavy atom. The minimum Gasteiger partial charge on any atom is -0.333 e. The zero-order valence-corrected chi connectivity index (χ0v) is 18.2. The second-order valence-electron chi connectivity index (χ2n) is 7.91. The van der Waals surface area contributed by atoms with E-state index in [4.69, 9.17) is 11.6 Å². The smallest absolute Gasteiger partial charge is 0.321 e. The quantitative estimate of drug-likeness (QED) is 0.566. The maximum atomic E-state index is 12.9. The third-order valence-corrected chi connectivity index (χ3v) is 4.72. The van der Waals surface area contributed by atoms with E-state index in [1.165, 1.54) is 0 Å². The van der Waals surface area contributed by atoms with E-state index < -0.39 is 17.5 Å². The predicted octanol–water partition coefficient (Wildman–Crippen LogP) is 3.42. The summed E-state index contributed by atoms with van der Waals surface area (Å²) in [5.41, 5.74) is -0.149. The number of nitrogens with one attached hydrogen (secondary N) is 2. The third kappa shape index (κ3) is 6.24. The van der Waals surface area contributed by atoms with Crippen molar-refractivity contribution in [3.63, 3.8) is 0 Å². The summed E-state index contributed by atoms with van der Waals surface area (Å²) in [6.07, 6.45) is 0. The summed E-state index contributed by atoms with van der Waals surface area (Å²) in [4.78, 5) is 41.3. The van der Waals surface area contributed by atoms with Crippen molar-refractivity contribution in [2.24, 2.45) is 5.92 Å². The first-order valence-electron chi connectivity index (χ1n) is 8.91. The number of halogens is 1. The Morgan fingerprint density at radius 1 is 1.29 bits per heavy atom. The second-order valence-corrected chi connectivity index (χ2v) is 9.29. The lowest BCUT2D eigenvalue weighted by Crippen LogP contribution is -2.48. The number of hydrogen-bond donors (Lipinski definition) is 2. The zero-order chi connectivity index (χ0) is 21.1. The molecule has 0 aliphatic carbocycles. The first-order valence-corrected chi connectivity index (χ1v) is 10.3. The average molecular weight is 425 g/mol. The van der Waals surface area contributed by atoms with Crippen molar-refractivity contribution < 1.29 is 9.59 Å². The first-order chi connectivity index (χ1) is 13.0. The molecular formula is C19H25ClN4O3S. The van der Waals surface area contributed by atoms with Crippen LogP contribution in [0.4, 0.5) is 4.79 Å². The molecule has 0 saturated heterocycles. The van der Waals surface area contributed by atoms with Crippen molar-refractivity contribution in [3.05, 3.63) is 33.6 Å². The van der Waals surface area contributed by atoms with Crippen LogP contribution in [0.25, 0.3) is 10.9 Å². The molecule has 0 saturated carbocycles. The topological polar surface area (TPSA) is 93.1 Å². The van der Waals surface area contributed by atoms with Crippen LogP contribution in [0.2, 0.25) is 5.02 Å². The van der Waals surface area contributed by atoms with Gasteiger partial charge in [0.15, 0.2) is 5.16 Å². The number of amides is 3. The molecule has 9 heteroatoms. The Bertz CT molecular complexity index is 951. The van der Waals surface area contributed by atoms with Gasteiger partial charge in [-0.3, -0.25) is 19.5 Å². The van der Waals surface area contributed by atoms with E-state index in [9.17, 15) is 14.4 Å². The van der Waals surface area contributed by atoms with Crippen LogP contribution in [-0.4, -0.2) is 32.8 Å². The standard InChI is InChI=1S/C19H25ClN4O3S/c1-11(2)9-24-16(26)13-7-6-12(20)8-14(13)21-18(24)28-10-15(25)22-17(27)23-19(3,4)5/h6-8,11H,9-10H2,1-5H3,(H2,22,23,25,27). The first kappa shape index (κ1) is 22.2. The van der Waals surface area contributed by atoms with Crippen LogP contribution in [0.1, 0.15) is 34.6 Å². The van der Waals surface area contributed by atoms with Crippen molar-refractivity contribution >= 4 is 46.2 Å². The van der Waals surface area contributed by atoms with Crippen LogP contribution < -0.4 is 16.2 Å². The molecule has 0 bridgehead atoms. The number of nitrogens with zero attached hydrogens (tertiary/aromatic N) is 2. The maximum absolute atomic E-state index is 12.9. The van der Waals surface area contributed by atoms with Crippen LogP contribution in [-0.2, 0) is 11.3 Å². The van der Waals surface area contributed by atoms with Gasteiger partial charge in [-0.05, 0) is 44.9 Å².